The van der Waals surface area contributed by atoms with Crippen molar-refractivity contribution in [1.82, 2.24) is 0 Å². The van der Waals surface area contributed by atoms with E-state index in [-0.39, 0.29) is 0 Å². The predicted molar refractivity (Wildman–Crippen MR) is 71.2 cm³/mol. The molecular formula is C16H11F3. The highest BCUT2D eigenvalue weighted by atomic mass is 19.4. The van der Waals surface area contributed by atoms with Gasteiger partial charge in [-0.1, -0.05) is 42.5 Å². The van der Waals surface area contributed by atoms with Crippen molar-refractivity contribution in [2.75, 3.05) is 0 Å². The molecule has 3 aromatic carbocycles. The molecule has 0 aliphatic rings. The minimum Gasteiger partial charge on any atom is -0.171 e. The Morgan fingerprint density at radius 3 is 2.05 bits per heavy atom. The highest BCUT2D eigenvalue weighted by Gasteiger charge is 2.28. The normalized spacial score (nSPS) is 12.2. The lowest BCUT2D eigenvalue weighted by molar-refractivity contribution is -0.126. The van der Waals surface area contributed by atoms with Crippen molar-refractivity contribution in [1.29, 1.82) is 0 Å². The molecule has 0 unspecified atom stereocenters. The van der Waals surface area contributed by atoms with Crippen LogP contribution in [0, 0.1) is 0 Å². The molecule has 0 aromatic heterocycles. The second-order valence-electron chi connectivity index (χ2n) is 4.63. The lowest BCUT2D eigenvalue weighted by Crippen LogP contribution is -2.11. The van der Waals surface area contributed by atoms with Gasteiger partial charge in [-0.2, -0.15) is 13.2 Å². The fraction of sp³-hybridized carbons (Fsp3) is 0.125. The summed E-state index contributed by atoms with van der Waals surface area (Å²) in [7, 11) is 0. The van der Waals surface area contributed by atoms with Crippen LogP contribution in [0.5, 0.6) is 0 Å². The SMILES string of the molecule is FC(F)(F)Cc1cccc2cc3ccccc3cc12. The average Bonchev–Trinajstić information content (AvgIpc) is 2.35. The molecule has 0 aliphatic carbocycles. The second-order valence-corrected chi connectivity index (χ2v) is 4.63. The Hall–Kier alpha value is -2.03. The maximum Gasteiger partial charge on any atom is 0.393 e. The predicted octanol–water partition coefficient (Wildman–Crippen LogP) is 5.10. The summed E-state index contributed by atoms with van der Waals surface area (Å²) < 4.78 is 37.7. The Labute approximate surface area is 108 Å². The van der Waals surface area contributed by atoms with Crippen molar-refractivity contribution in [2.45, 2.75) is 12.6 Å². The van der Waals surface area contributed by atoms with Crippen molar-refractivity contribution in [2.24, 2.45) is 0 Å². The summed E-state index contributed by atoms with van der Waals surface area (Å²) in [6.07, 6.45) is -5.07. The van der Waals surface area contributed by atoms with Crippen LogP contribution in [0.4, 0.5) is 13.2 Å². The zero-order valence-corrected chi connectivity index (χ0v) is 10.0. The summed E-state index contributed by atoms with van der Waals surface area (Å²) in [6, 6.07) is 16.5. The first kappa shape index (κ1) is 12.0. The van der Waals surface area contributed by atoms with E-state index in [1.54, 1.807) is 12.1 Å². The van der Waals surface area contributed by atoms with Gasteiger partial charge in [0.1, 0.15) is 0 Å². The van der Waals surface area contributed by atoms with E-state index in [2.05, 4.69) is 0 Å². The quantitative estimate of drug-likeness (QED) is 0.534. The first-order valence-electron chi connectivity index (χ1n) is 6.00. The van der Waals surface area contributed by atoms with E-state index in [9.17, 15) is 13.2 Å². The van der Waals surface area contributed by atoms with Gasteiger partial charge in [0.25, 0.3) is 0 Å². The number of hydrogen-bond donors (Lipinski definition) is 0. The molecule has 0 saturated heterocycles. The monoisotopic (exact) mass is 260 g/mol. The maximum absolute atomic E-state index is 12.6. The first-order chi connectivity index (χ1) is 9.03. The molecule has 0 bridgehead atoms. The van der Waals surface area contributed by atoms with Crippen LogP contribution in [-0.2, 0) is 6.42 Å². The molecule has 0 amide bonds. The number of hydrogen-bond acceptors (Lipinski definition) is 0. The summed E-state index contributed by atoms with van der Waals surface area (Å²) >= 11 is 0. The lowest BCUT2D eigenvalue weighted by Gasteiger charge is -2.10. The minimum atomic E-state index is -4.18. The number of fused-ring (bicyclic) bond motifs is 2. The van der Waals surface area contributed by atoms with E-state index < -0.39 is 12.6 Å². The highest BCUT2D eigenvalue weighted by Crippen LogP contribution is 2.29. The Bertz CT molecular complexity index is 742. The number of benzene rings is 3. The van der Waals surface area contributed by atoms with E-state index in [1.807, 2.05) is 42.5 Å². The van der Waals surface area contributed by atoms with Gasteiger partial charge in [0.15, 0.2) is 0 Å². The van der Waals surface area contributed by atoms with Gasteiger partial charge < -0.3 is 0 Å². The fourth-order valence-electron chi connectivity index (χ4n) is 2.40. The third-order valence-corrected chi connectivity index (χ3v) is 3.23. The van der Waals surface area contributed by atoms with Crippen molar-refractivity contribution in [3.8, 4) is 0 Å². The third-order valence-electron chi connectivity index (χ3n) is 3.23. The summed E-state index contributed by atoms with van der Waals surface area (Å²) in [5.41, 5.74) is 0.329. The Balaban J connectivity index is 2.26. The topological polar surface area (TPSA) is 0 Å². The van der Waals surface area contributed by atoms with Crippen LogP contribution < -0.4 is 0 Å². The van der Waals surface area contributed by atoms with Crippen molar-refractivity contribution >= 4 is 21.5 Å². The van der Waals surface area contributed by atoms with Crippen LogP contribution in [0.15, 0.2) is 54.6 Å². The van der Waals surface area contributed by atoms with Gasteiger partial charge in [-0.3, -0.25) is 0 Å². The van der Waals surface area contributed by atoms with Gasteiger partial charge in [0, 0.05) is 0 Å². The third kappa shape index (κ3) is 2.41. The molecule has 0 aliphatic heterocycles. The molecule has 0 radical (unpaired) electrons. The molecular weight excluding hydrogens is 249 g/mol. The molecule has 0 fully saturated rings. The molecule has 0 nitrogen and oxygen atoms in total. The second kappa shape index (κ2) is 4.26. The Morgan fingerprint density at radius 2 is 1.37 bits per heavy atom. The van der Waals surface area contributed by atoms with Crippen LogP contribution >= 0.6 is 0 Å². The van der Waals surface area contributed by atoms with Crippen LogP contribution in [0.25, 0.3) is 21.5 Å². The van der Waals surface area contributed by atoms with Crippen LogP contribution in [0.2, 0.25) is 0 Å². The summed E-state index contributed by atoms with van der Waals surface area (Å²) in [5.74, 6) is 0. The molecule has 0 spiro atoms. The van der Waals surface area contributed by atoms with Gasteiger partial charge >= 0.3 is 6.18 Å². The highest BCUT2D eigenvalue weighted by molar-refractivity contribution is 5.99. The van der Waals surface area contributed by atoms with Crippen molar-refractivity contribution < 1.29 is 13.2 Å². The molecule has 0 heterocycles. The van der Waals surface area contributed by atoms with Gasteiger partial charge in [0.05, 0.1) is 6.42 Å². The van der Waals surface area contributed by atoms with E-state index in [4.69, 9.17) is 0 Å². The molecule has 3 heteroatoms. The zero-order valence-electron chi connectivity index (χ0n) is 10.0. The van der Waals surface area contributed by atoms with E-state index >= 15 is 0 Å². The first-order valence-corrected chi connectivity index (χ1v) is 6.00. The lowest BCUT2D eigenvalue weighted by atomic mass is 9.98. The van der Waals surface area contributed by atoms with Crippen LogP contribution in [0.3, 0.4) is 0 Å². The van der Waals surface area contributed by atoms with Gasteiger partial charge in [0.2, 0.25) is 0 Å². The number of halogens is 3. The van der Waals surface area contributed by atoms with E-state index in [1.165, 1.54) is 0 Å². The summed E-state index contributed by atoms with van der Waals surface area (Å²) in [6.45, 7) is 0. The Kier molecular flexibility index (Phi) is 2.70. The fourth-order valence-corrected chi connectivity index (χ4v) is 2.40. The molecule has 3 aromatic rings. The minimum absolute atomic E-state index is 0.329. The van der Waals surface area contributed by atoms with Gasteiger partial charge in [-0.25, -0.2) is 0 Å². The van der Waals surface area contributed by atoms with Gasteiger partial charge in [-0.05, 0) is 39.2 Å². The largest absolute Gasteiger partial charge is 0.393 e. The molecule has 19 heavy (non-hydrogen) atoms. The molecule has 96 valence electrons. The van der Waals surface area contributed by atoms with E-state index in [0.717, 1.165) is 16.2 Å². The molecule has 0 N–H and O–H groups in total. The van der Waals surface area contributed by atoms with Gasteiger partial charge in [-0.15, -0.1) is 0 Å². The molecule has 0 saturated carbocycles. The average molecular weight is 260 g/mol. The summed E-state index contributed by atoms with van der Waals surface area (Å²) in [4.78, 5) is 0. The number of rotatable bonds is 1. The van der Waals surface area contributed by atoms with E-state index in [0.29, 0.717) is 10.9 Å². The zero-order chi connectivity index (χ0) is 13.5. The molecule has 3 rings (SSSR count). The van der Waals surface area contributed by atoms with Crippen LogP contribution in [-0.4, -0.2) is 6.18 Å². The standard InChI is InChI=1S/C16H11F3/c17-16(18,19)10-14-7-3-6-13-8-11-4-1-2-5-12(11)9-15(13)14/h1-9H,10H2. The van der Waals surface area contributed by atoms with Crippen molar-refractivity contribution in [3.05, 3.63) is 60.2 Å². The maximum atomic E-state index is 12.6. The molecule has 0 atom stereocenters. The number of alkyl halides is 3. The van der Waals surface area contributed by atoms with Crippen LogP contribution in [0.1, 0.15) is 5.56 Å². The Morgan fingerprint density at radius 1 is 0.737 bits per heavy atom. The smallest absolute Gasteiger partial charge is 0.171 e. The summed E-state index contributed by atoms with van der Waals surface area (Å²) in [5, 5.41) is 3.53. The van der Waals surface area contributed by atoms with Crippen molar-refractivity contribution in [3.63, 3.8) is 0 Å².